The number of hydrogen-bond donors (Lipinski definition) is 0. The topological polar surface area (TPSA) is 68.3 Å². The van der Waals surface area contributed by atoms with E-state index < -0.39 is 30.5 Å². The number of hydrogen-bond acceptors (Lipinski definition) is 4. The van der Waals surface area contributed by atoms with Gasteiger partial charge < -0.3 is 0 Å². The molecule has 16 heavy (non-hydrogen) atoms. The lowest BCUT2D eigenvalue weighted by molar-refractivity contribution is 0.0945. The lowest BCUT2D eigenvalue weighted by Gasteiger charge is -2.41. The average Bonchev–Trinajstić information content (AvgIpc) is 2.40. The van der Waals surface area contributed by atoms with E-state index in [9.17, 15) is 16.8 Å². The summed E-state index contributed by atoms with van der Waals surface area (Å²) in [4.78, 5) is 0. The molecule has 3 aliphatic rings. The molecule has 0 aromatic rings. The van der Waals surface area contributed by atoms with Crippen LogP contribution in [0, 0.1) is 10.8 Å². The molecule has 2 aliphatic heterocycles. The van der Waals surface area contributed by atoms with Crippen LogP contribution in [0.25, 0.3) is 0 Å². The molecule has 0 spiro atoms. The van der Waals surface area contributed by atoms with Gasteiger partial charge in [-0.1, -0.05) is 12.8 Å². The van der Waals surface area contributed by atoms with E-state index in [1.807, 2.05) is 0 Å². The van der Waals surface area contributed by atoms with Crippen molar-refractivity contribution in [1.29, 1.82) is 0 Å². The molecule has 0 aromatic carbocycles. The molecular weight excluding hydrogens is 248 g/mol. The van der Waals surface area contributed by atoms with E-state index in [2.05, 4.69) is 0 Å². The Morgan fingerprint density at radius 1 is 0.625 bits per heavy atom. The normalized spacial score (nSPS) is 48.5. The van der Waals surface area contributed by atoms with Crippen LogP contribution < -0.4 is 0 Å². The first kappa shape index (κ1) is 11.0. The Kier molecular flexibility index (Phi) is 1.95. The summed E-state index contributed by atoms with van der Waals surface area (Å²) >= 11 is 0. The second-order valence-corrected chi connectivity index (χ2v) is 9.96. The Labute approximate surface area is 96.3 Å². The van der Waals surface area contributed by atoms with Crippen LogP contribution in [0.4, 0.5) is 0 Å². The summed E-state index contributed by atoms with van der Waals surface area (Å²) in [6.07, 6.45) is 3.52. The molecule has 0 N–H and O–H groups in total. The first-order valence-corrected chi connectivity index (χ1v) is 9.34. The maximum absolute atomic E-state index is 11.8. The molecule has 3 fully saturated rings. The molecule has 0 aromatic heterocycles. The van der Waals surface area contributed by atoms with Gasteiger partial charge in [-0.15, -0.1) is 0 Å². The minimum atomic E-state index is -3.02. The molecule has 1 saturated carbocycles. The molecule has 1 aliphatic carbocycles. The minimum absolute atomic E-state index is 0.110. The fraction of sp³-hybridized carbons (Fsp3) is 1.00. The van der Waals surface area contributed by atoms with E-state index in [-0.39, 0.29) is 23.0 Å². The summed E-state index contributed by atoms with van der Waals surface area (Å²) in [5.74, 6) is 0.441. The smallest absolute Gasteiger partial charge is 0.151 e. The van der Waals surface area contributed by atoms with Gasteiger partial charge in [0.05, 0.1) is 23.0 Å². The van der Waals surface area contributed by atoms with Crippen LogP contribution in [0.5, 0.6) is 0 Å². The van der Waals surface area contributed by atoms with Crippen LogP contribution in [-0.4, -0.2) is 39.8 Å². The van der Waals surface area contributed by atoms with Crippen LogP contribution in [0.2, 0.25) is 0 Å². The van der Waals surface area contributed by atoms with E-state index in [0.717, 1.165) is 25.7 Å². The van der Waals surface area contributed by atoms with Crippen molar-refractivity contribution in [3.8, 4) is 0 Å². The predicted molar refractivity (Wildman–Crippen MR) is 60.6 cm³/mol. The zero-order chi connectivity index (χ0) is 11.7. The Morgan fingerprint density at radius 2 is 0.938 bits per heavy atom. The quantitative estimate of drug-likeness (QED) is 0.635. The highest BCUT2D eigenvalue weighted by Crippen LogP contribution is 2.61. The molecule has 4 nitrogen and oxygen atoms in total. The Hall–Kier alpha value is -0.100. The molecule has 2 heterocycles. The van der Waals surface area contributed by atoms with E-state index in [1.54, 1.807) is 0 Å². The molecule has 6 heteroatoms. The van der Waals surface area contributed by atoms with Gasteiger partial charge in [-0.3, -0.25) is 0 Å². The van der Waals surface area contributed by atoms with Crippen molar-refractivity contribution in [2.75, 3.05) is 23.0 Å². The molecule has 0 amide bonds. The third-order valence-corrected chi connectivity index (χ3v) is 8.64. The van der Waals surface area contributed by atoms with Crippen molar-refractivity contribution >= 4 is 19.7 Å². The second-order valence-electron chi connectivity index (χ2n) is 5.83. The van der Waals surface area contributed by atoms with Crippen molar-refractivity contribution in [2.24, 2.45) is 10.8 Å². The molecule has 0 bridgehead atoms. The van der Waals surface area contributed by atoms with E-state index in [4.69, 9.17) is 0 Å². The van der Waals surface area contributed by atoms with E-state index in [1.165, 1.54) is 0 Å². The maximum atomic E-state index is 11.8. The zero-order valence-corrected chi connectivity index (χ0v) is 10.7. The summed E-state index contributed by atoms with van der Waals surface area (Å²) in [7, 11) is -6.04. The fourth-order valence-electron chi connectivity index (χ4n) is 4.23. The van der Waals surface area contributed by atoms with Gasteiger partial charge in [-0.2, -0.15) is 0 Å². The number of sulfone groups is 2. The lowest BCUT2D eigenvalue weighted by Crippen LogP contribution is -2.42. The highest BCUT2D eigenvalue weighted by Gasteiger charge is 2.67. The summed E-state index contributed by atoms with van der Waals surface area (Å²) < 4.78 is 47.3. The van der Waals surface area contributed by atoms with Crippen LogP contribution in [-0.2, 0) is 19.7 Å². The Morgan fingerprint density at radius 3 is 1.25 bits per heavy atom. The van der Waals surface area contributed by atoms with Gasteiger partial charge in [0.25, 0.3) is 0 Å². The van der Waals surface area contributed by atoms with Crippen LogP contribution in [0.3, 0.4) is 0 Å². The molecular formula is C10H16O4S2. The van der Waals surface area contributed by atoms with Crippen molar-refractivity contribution < 1.29 is 16.8 Å². The van der Waals surface area contributed by atoms with Gasteiger partial charge in [-0.25, -0.2) is 16.8 Å². The molecule has 0 unspecified atom stereocenters. The predicted octanol–water partition coefficient (Wildman–Crippen LogP) is 0.390. The van der Waals surface area contributed by atoms with Crippen LogP contribution in [0.1, 0.15) is 25.7 Å². The third kappa shape index (κ3) is 1.32. The molecule has 2 saturated heterocycles. The summed E-state index contributed by atoms with van der Waals surface area (Å²) in [5.41, 5.74) is -0.855. The van der Waals surface area contributed by atoms with Crippen LogP contribution >= 0.6 is 0 Å². The van der Waals surface area contributed by atoms with E-state index in [0.29, 0.717) is 0 Å². The van der Waals surface area contributed by atoms with Gasteiger partial charge in [0.2, 0.25) is 0 Å². The monoisotopic (exact) mass is 264 g/mol. The lowest BCUT2D eigenvalue weighted by atomic mass is 9.60. The summed E-state index contributed by atoms with van der Waals surface area (Å²) in [6, 6.07) is 0. The van der Waals surface area contributed by atoms with Crippen molar-refractivity contribution in [1.82, 2.24) is 0 Å². The SMILES string of the molecule is O=S1(=O)CC23CCCCC2(C1)CS(=O)(=O)C3. The van der Waals surface area contributed by atoms with Crippen molar-refractivity contribution in [2.45, 2.75) is 25.7 Å². The first-order chi connectivity index (χ1) is 7.29. The van der Waals surface area contributed by atoms with Crippen molar-refractivity contribution in [3.05, 3.63) is 0 Å². The maximum Gasteiger partial charge on any atom is 0.151 e. The molecule has 0 atom stereocenters. The van der Waals surface area contributed by atoms with E-state index >= 15 is 0 Å². The Balaban J connectivity index is 2.17. The zero-order valence-electron chi connectivity index (χ0n) is 9.11. The minimum Gasteiger partial charge on any atom is -0.229 e. The van der Waals surface area contributed by atoms with Gasteiger partial charge in [0.1, 0.15) is 0 Å². The third-order valence-electron chi connectivity index (χ3n) is 4.67. The second kappa shape index (κ2) is 2.83. The fourth-order valence-corrected chi connectivity index (χ4v) is 10.3. The largest absolute Gasteiger partial charge is 0.229 e. The average molecular weight is 264 g/mol. The van der Waals surface area contributed by atoms with Crippen LogP contribution in [0.15, 0.2) is 0 Å². The molecule has 92 valence electrons. The Bertz CT molecular complexity index is 455. The highest BCUT2D eigenvalue weighted by atomic mass is 32.2. The first-order valence-electron chi connectivity index (χ1n) is 5.69. The molecule has 3 rings (SSSR count). The summed E-state index contributed by atoms with van der Waals surface area (Å²) in [6.45, 7) is 0. The van der Waals surface area contributed by atoms with Crippen molar-refractivity contribution in [3.63, 3.8) is 0 Å². The van der Waals surface area contributed by atoms with Gasteiger partial charge in [0, 0.05) is 10.8 Å². The molecule has 0 radical (unpaired) electrons. The number of rotatable bonds is 0. The standard InChI is InChI=1S/C10H16O4S2/c11-15(12)5-9-3-1-2-4-10(9,7-15)8-16(13,14)6-9/h1-8H2. The van der Waals surface area contributed by atoms with Gasteiger partial charge >= 0.3 is 0 Å². The van der Waals surface area contributed by atoms with Gasteiger partial charge in [-0.05, 0) is 12.8 Å². The van der Waals surface area contributed by atoms with Gasteiger partial charge in [0.15, 0.2) is 19.7 Å². The highest BCUT2D eigenvalue weighted by molar-refractivity contribution is 7.93. The summed E-state index contributed by atoms with van der Waals surface area (Å²) in [5, 5.41) is 0.